The first-order valence-electron chi connectivity index (χ1n) is 7.51. The van der Waals surface area contributed by atoms with E-state index in [9.17, 15) is 4.79 Å². The standard InChI is InChI=1S/C16H25N3O/c1-4-8-17-14-10-12(6-9-18-14)15(20)19-13-5-7-16(2,3)11-13/h6,9-10,13H,4-5,7-8,11H2,1-3H3,(H,17,18)(H,19,20). The van der Waals surface area contributed by atoms with Crippen LogP contribution in [0, 0.1) is 5.41 Å². The minimum atomic E-state index is 0.00893. The summed E-state index contributed by atoms with van der Waals surface area (Å²) in [5.41, 5.74) is 1.03. The van der Waals surface area contributed by atoms with Crippen LogP contribution in [0.3, 0.4) is 0 Å². The fourth-order valence-corrected chi connectivity index (χ4v) is 2.75. The fourth-order valence-electron chi connectivity index (χ4n) is 2.75. The Kier molecular flexibility index (Phi) is 4.63. The highest BCUT2D eigenvalue weighted by molar-refractivity contribution is 5.95. The van der Waals surface area contributed by atoms with Crippen molar-refractivity contribution >= 4 is 11.7 Å². The summed E-state index contributed by atoms with van der Waals surface area (Å²) < 4.78 is 0. The zero-order valence-electron chi connectivity index (χ0n) is 12.7. The molecular weight excluding hydrogens is 250 g/mol. The maximum absolute atomic E-state index is 12.3. The molecule has 0 saturated heterocycles. The van der Waals surface area contributed by atoms with Gasteiger partial charge in [0, 0.05) is 24.3 Å². The summed E-state index contributed by atoms with van der Waals surface area (Å²) in [5, 5.41) is 6.34. The summed E-state index contributed by atoms with van der Waals surface area (Å²) in [6.07, 6.45) is 6.04. The monoisotopic (exact) mass is 275 g/mol. The van der Waals surface area contributed by atoms with Gasteiger partial charge in [0.05, 0.1) is 0 Å². The third-order valence-electron chi connectivity index (χ3n) is 3.88. The third kappa shape index (κ3) is 3.95. The summed E-state index contributed by atoms with van der Waals surface area (Å²) in [4.78, 5) is 16.5. The topological polar surface area (TPSA) is 54.0 Å². The highest BCUT2D eigenvalue weighted by Crippen LogP contribution is 2.36. The van der Waals surface area contributed by atoms with Crippen LogP contribution in [0.1, 0.15) is 56.8 Å². The summed E-state index contributed by atoms with van der Waals surface area (Å²) >= 11 is 0. The smallest absolute Gasteiger partial charge is 0.251 e. The predicted molar refractivity (Wildman–Crippen MR) is 81.9 cm³/mol. The summed E-state index contributed by atoms with van der Waals surface area (Å²) in [6, 6.07) is 3.90. The first-order valence-corrected chi connectivity index (χ1v) is 7.51. The van der Waals surface area contributed by atoms with E-state index in [-0.39, 0.29) is 5.91 Å². The van der Waals surface area contributed by atoms with Crippen LogP contribution >= 0.6 is 0 Å². The quantitative estimate of drug-likeness (QED) is 0.867. The van der Waals surface area contributed by atoms with Gasteiger partial charge in [-0.1, -0.05) is 20.8 Å². The van der Waals surface area contributed by atoms with Gasteiger partial charge >= 0.3 is 0 Å². The van der Waals surface area contributed by atoms with E-state index in [2.05, 4.69) is 36.4 Å². The van der Waals surface area contributed by atoms with Crippen LogP contribution in [-0.4, -0.2) is 23.5 Å². The number of hydrogen-bond donors (Lipinski definition) is 2. The van der Waals surface area contributed by atoms with Gasteiger partial charge in [-0.3, -0.25) is 4.79 Å². The van der Waals surface area contributed by atoms with E-state index < -0.39 is 0 Å². The van der Waals surface area contributed by atoms with Gasteiger partial charge in [0.1, 0.15) is 5.82 Å². The van der Waals surface area contributed by atoms with Crippen LogP contribution in [0.25, 0.3) is 0 Å². The molecule has 1 aromatic rings. The molecule has 1 fully saturated rings. The van der Waals surface area contributed by atoms with Crippen LogP contribution in [0.2, 0.25) is 0 Å². The number of nitrogens with one attached hydrogen (secondary N) is 2. The molecule has 0 aromatic carbocycles. The Balaban J connectivity index is 1.95. The summed E-state index contributed by atoms with van der Waals surface area (Å²) in [5.74, 6) is 0.779. The third-order valence-corrected chi connectivity index (χ3v) is 3.88. The average molecular weight is 275 g/mol. The van der Waals surface area contributed by atoms with Gasteiger partial charge < -0.3 is 10.6 Å². The van der Waals surface area contributed by atoms with Crippen LogP contribution in [0.5, 0.6) is 0 Å². The van der Waals surface area contributed by atoms with E-state index in [0.29, 0.717) is 17.0 Å². The number of carbonyl (C=O) groups is 1. The zero-order valence-corrected chi connectivity index (χ0v) is 12.7. The number of rotatable bonds is 5. The average Bonchev–Trinajstić information content (AvgIpc) is 2.76. The number of nitrogens with zero attached hydrogens (tertiary/aromatic N) is 1. The minimum absolute atomic E-state index is 0.00893. The molecule has 0 bridgehead atoms. The summed E-state index contributed by atoms with van der Waals surface area (Å²) in [7, 11) is 0. The lowest BCUT2D eigenvalue weighted by Gasteiger charge is -2.18. The molecule has 1 aromatic heterocycles. The molecule has 1 atom stereocenters. The molecule has 2 rings (SSSR count). The SMILES string of the molecule is CCCNc1cc(C(=O)NC2CCC(C)(C)C2)ccn1. The second kappa shape index (κ2) is 6.25. The number of amides is 1. The first-order chi connectivity index (χ1) is 9.50. The Morgan fingerprint density at radius 3 is 2.95 bits per heavy atom. The van der Waals surface area contributed by atoms with Gasteiger partial charge in [-0.15, -0.1) is 0 Å². The van der Waals surface area contributed by atoms with Crippen molar-refractivity contribution in [2.75, 3.05) is 11.9 Å². The zero-order chi connectivity index (χ0) is 14.6. The highest BCUT2D eigenvalue weighted by atomic mass is 16.1. The molecule has 1 aliphatic carbocycles. The highest BCUT2D eigenvalue weighted by Gasteiger charge is 2.31. The molecule has 1 saturated carbocycles. The lowest BCUT2D eigenvalue weighted by atomic mass is 9.92. The molecule has 110 valence electrons. The first kappa shape index (κ1) is 14.8. The van der Waals surface area contributed by atoms with Crippen molar-refractivity contribution in [2.45, 2.75) is 52.5 Å². The molecule has 4 nitrogen and oxygen atoms in total. The number of aromatic nitrogens is 1. The Morgan fingerprint density at radius 2 is 2.30 bits per heavy atom. The Hall–Kier alpha value is -1.58. The van der Waals surface area contributed by atoms with Crippen molar-refractivity contribution in [2.24, 2.45) is 5.41 Å². The molecule has 0 spiro atoms. The molecule has 1 aliphatic rings. The van der Waals surface area contributed by atoms with Crippen molar-refractivity contribution < 1.29 is 4.79 Å². The van der Waals surface area contributed by atoms with Crippen LogP contribution in [0.4, 0.5) is 5.82 Å². The maximum Gasteiger partial charge on any atom is 0.251 e. The largest absolute Gasteiger partial charge is 0.370 e. The van der Waals surface area contributed by atoms with Crippen molar-refractivity contribution in [1.29, 1.82) is 0 Å². The minimum Gasteiger partial charge on any atom is -0.370 e. The molecule has 1 heterocycles. The van der Waals surface area contributed by atoms with E-state index in [4.69, 9.17) is 0 Å². The van der Waals surface area contributed by atoms with E-state index in [1.807, 2.05) is 6.07 Å². The Labute approximate surface area is 121 Å². The molecule has 4 heteroatoms. The van der Waals surface area contributed by atoms with Crippen molar-refractivity contribution in [3.63, 3.8) is 0 Å². The van der Waals surface area contributed by atoms with Crippen LogP contribution in [-0.2, 0) is 0 Å². The van der Waals surface area contributed by atoms with Crippen LogP contribution in [0.15, 0.2) is 18.3 Å². The van der Waals surface area contributed by atoms with E-state index in [1.54, 1.807) is 12.3 Å². The second-order valence-electron chi connectivity index (χ2n) is 6.43. The number of anilines is 1. The molecule has 1 amide bonds. The molecular formula is C16H25N3O. The van der Waals surface area contributed by atoms with Crippen molar-refractivity contribution in [1.82, 2.24) is 10.3 Å². The number of carbonyl (C=O) groups excluding carboxylic acids is 1. The summed E-state index contributed by atoms with van der Waals surface area (Å²) in [6.45, 7) is 7.50. The fraction of sp³-hybridized carbons (Fsp3) is 0.625. The van der Waals surface area contributed by atoms with Crippen molar-refractivity contribution in [3.05, 3.63) is 23.9 Å². The van der Waals surface area contributed by atoms with Gasteiger partial charge in [0.25, 0.3) is 5.91 Å². The molecule has 20 heavy (non-hydrogen) atoms. The molecule has 1 unspecified atom stereocenters. The van der Waals surface area contributed by atoms with Gasteiger partial charge in [-0.2, -0.15) is 0 Å². The Bertz CT molecular complexity index is 471. The lowest BCUT2D eigenvalue weighted by molar-refractivity contribution is 0.0936. The van der Waals surface area contributed by atoms with E-state index in [1.165, 1.54) is 6.42 Å². The predicted octanol–water partition coefficient (Wildman–Crippen LogP) is 3.21. The normalized spacial score (nSPS) is 20.6. The van der Waals surface area contributed by atoms with Crippen molar-refractivity contribution in [3.8, 4) is 0 Å². The van der Waals surface area contributed by atoms with Gasteiger partial charge in [0.15, 0.2) is 0 Å². The molecule has 2 N–H and O–H groups in total. The number of pyridine rings is 1. The maximum atomic E-state index is 12.3. The Morgan fingerprint density at radius 1 is 1.50 bits per heavy atom. The lowest BCUT2D eigenvalue weighted by Crippen LogP contribution is -2.33. The molecule has 0 radical (unpaired) electrons. The molecule has 0 aliphatic heterocycles. The van der Waals surface area contributed by atoms with Gasteiger partial charge in [0.2, 0.25) is 0 Å². The number of hydrogen-bond acceptors (Lipinski definition) is 3. The van der Waals surface area contributed by atoms with Crippen LogP contribution < -0.4 is 10.6 Å². The van der Waals surface area contributed by atoms with Gasteiger partial charge in [-0.05, 0) is 43.2 Å². The second-order valence-corrected chi connectivity index (χ2v) is 6.43. The van der Waals surface area contributed by atoms with E-state index >= 15 is 0 Å². The van der Waals surface area contributed by atoms with E-state index in [0.717, 1.165) is 31.6 Å². The van der Waals surface area contributed by atoms with Gasteiger partial charge in [-0.25, -0.2) is 4.98 Å².